The number of halogens is 1. The van der Waals surface area contributed by atoms with Crippen LogP contribution < -0.4 is 14.8 Å². The molecule has 2 aromatic carbocycles. The number of amides is 1. The van der Waals surface area contributed by atoms with E-state index in [0.29, 0.717) is 23.1 Å². The summed E-state index contributed by atoms with van der Waals surface area (Å²) in [5, 5.41) is 7.50. The molecule has 2 heterocycles. The van der Waals surface area contributed by atoms with Crippen molar-refractivity contribution in [1.82, 2.24) is 14.8 Å². The van der Waals surface area contributed by atoms with Crippen LogP contribution in [0.4, 0.5) is 5.95 Å². The summed E-state index contributed by atoms with van der Waals surface area (Å²) < 4.78 is 17.9. The first kappa shape index (κ1) is 20.5. The van der Waals surface area contributed by atoms with E-state index >= 15 is 0 Å². The lowest BCUT2D eigenvalue weighted by molar-refractivity contribution is 0.0991. The van der Waals surface area contributed by atoms with Gasteiger partial charge in [-0.15, -0.1) is 5.10 Å². The molecule has 9 heteroatoms. The van der Waals surface area contributed by atoms with E-state index < -0.39 is 5.91 Å². The van der Waals surface area contributed by atoms with Crippen LogP contribution in [0.2, 0.25) is 5.02 Å². The van der Waals surface area contributed by atoms with E-state index in [9.17, 15) is 4.79 Å². The molecular weight excluding hydrogens is 420 g/mol. The number of nitrogens with zero attached hydrogens (tertiary/aromatic N) is 3. The van der Waals surface area contributed by atoms with Gasteiger partial charge in [-0.3, -0.25) is 10.1 Å². The van der Waals surface area contributed by atoms with Crippen molar-refractivity contribution in [1.29, 1.82) is 0 Å². The van der Waals surface area contributed by atoms with Gasteiger partial charge in [0.25, 0.3) is 5.91 Å². The first-order chi connectivity index (χ1) is 15.1. The highest BCUT2D eigenvalue weighted by Gasteiger charge is 2.14. The summed E-state index contributed by atoms with van der Waals surface area (Å²) in [6.45, 7) is 0.625. The maximum Gasteiger partial charge on any atom is 0.293 e. The van der Waals surface area contributed by atoms with Gasteiger partial charge in [0.1, 0.15) is 30.2 Å². The zero-order chi connectivity index (χ0) is 21.6. The summed E-state index contributed by atoms with van der Waals surface area (Å²) in [5.74, 6) is 1.77. The summed E-state index contributed by atoms with van der Waals surface area (Å²) in [6, 6.07) is 17.9. The monoisotopic (exact) mass is 438 g/mol. The van der Waals surface area contributed by atoms with Gasteiger partial charge >= 0.3 is 0 Å². The van der Waals surface area contributed by atoms with Crippen molar-refractivity contribution in [2.75, 3.05) is 12.4 Å². The number of hydrogen-bond donors (Lipinski definition) is 1. The zero-order valence-corrected chi connectivity index (χ0v) is 17.4. The Morgan fingerprint density at radius 3 is 2.65 bits per heavy atom. The van der Waals surface area contributed by atoms with Crippen molar-refractivity contribution in [3.05, 3.63) is 89.1 Å². The molecule has 31 heavy (non-hydrogen) atoms. The number of methoxy groups -OCH3 is 1. The first-order valence-electron chi connectivity index (χ1n) is 9.40. The lowest BCUT2D eigenvalue weighted by atomic mass is 10.2. The van der Waals surface area contributed by atoms with Crippen LogP contribution in [0.15, 0.2) is 71.4 Å². The van der Waals surface area contributed by atoms with Crippen molar-refractivity contribution in [2.24, 2.45) is 0 Å². The Hall–Kier alpha value is -3.78. The van der Waals surface area contributed by atoms with Crippen LogP contribution in [0.25, 0.3) is 0 Å². The summed E-state index contributed by atoms with van der Waals surface area (Å²) in [6.07, 6.45) is 1.52. The summed E-state index contributed by atoms with van der Waals surface area (Å²) >= 11 is 6.17. The van der Waals surface area contributed by atoms with Crippen LogP contribution in [0.3, 0.4) is 0 Å². The molecule has 0 unspecified atom stereocenters. The third-order valence-corrected chi connectivity index (χ3v) is 4.75. The van der Waals surface area contributed by atoms with Gasteiger partial charge in [0, 0.05) is 5.02 Å². The number of aromatic nitrogens is 3. The Labute approximate surface area is 183 Å². The highest BCUT2D eigenvalue weighted by atomic mass is 35.5. The summed E-state index contributed by atoms with van der Waals surface area (Å²) in [5.41, 5.74) is 0.902. The fraction of sp³-hybridized carbons (Fsp3) is 0.136. The predicted octanol–water partition coefficient (Wildman–Crippen LogP) is 4.41. The molecule has 1 amide bonds. The second-order valence-electron chi connectivity index (χ2n) is 6.54. The number of carbonyl (C=O) groups excluding carboxylic acids is 1. The molecule has 0 spiro atoms. The zero-order valence-electron chi connectivity index (χ0n) is 16.6. The minimum absolute atomic E-state index is 0.135. The van der Waals surface area contributed by atoms with E-state index in [0.717, 1.165) is 11.3 Å². The fourth-order valence-electron chi connectivity index (χ4n) is 2.80. The molecule has 0 fully saturated rings. The number of hydrogen-bond acceptors (Lipinski definition) is 6. The average Bonchev–Trinajstić information content (AvgIpc) is 3.44. The Morgan fingerprint density at radius 1 is 1.10 bits per heavy atom. The molecular formula is C22H19ClN4O4. The van der Waals surface area contributed by atoms with Crippen LogP contribution in [0.1, 0.15) is 21.9 Å². The molecule has 0 radical (unpaired) electrons. The number of ether oxygens (including phenoxy) is 2. The Bertz CT molecular complexity index is 1170. The number of rotatable bonds is 8. The minimum Gasteiger partial charge on any atom is -0.497 e. The van der Waals surface area contributed by atoms with Crippen molar-refractivity contribution in [2.45, 2.75) is 13.2 Å². The maximum atomic E-state index is 12.4. The van der Waals surface area contributed by atoms with Crippen molar-refractivity contribution in [3.63, 3.8) is 0 Å². The molecule has 0 aliphatic rings. The molecule has 0 aliphatic heterocycles. The highest BCUT2D eigenvalue weighted by molar-refractivity contribution is 6.31. The van der Waals surface area contributed by atoms with Crippen molar-refractivity contribution < 1.29 is 18.7 Å². The van der Waals surface area contributed by atoms with Gasteiger partial charge in [0.15, 0.2) is 5.76 Å². The van der Waals surface area contributed by atoms with E-state index in [1.165, 1.54) is 6.33 Å². The Balaban J connectivity index is 1.32. The quantitative estimate of drug-likeness (QED) is 0.438. The number of anilines is 1. The molecule has 0 atom stereocenters. The SMILES string of the molecule is COc1ccc(OCc2ccc(C(=O)Nc3ncn(Cc4ccccc4Cl)n3)o2)cc1. The van der Waals surface area contributed by atoms with Gasteiger partial charge in [0.2, 0.25) is 5.95 Å². The van der Waals surface area contributed by atoms with E-state index in [1.54, 1.807) is 48.2 Å². The van der Waals surface area contributed by atoms with E-state index in [-0.39, 0.29) is 18.3 Å². The lowest BCUT2D eigenvalue weighted by Gasteiger charge is -2.05. The first-order valence-corrected chi connectivity index (χ1v) is 9.78. The molecule has 4 aromatic rings. The lowest BCUT2D eigenvalue weighted by Crippen LogP contribution is -2.12. The van der Waals surface area contributed by atoms with Crippen molar-refractivity contribution >= 4 is 23.5 Å². The number of nitrogens with one attached hydrogen (secondary N) is 1. The summed E-state index contributed by atoms with van der Waals surface area (Å²) in [4.78, 5) is 16.5. The van der Waals surface area contributed by atoms with Gasteiger partial charge in [-0.05, 0) is 48.0 Å². The molecule has 2 aromatic heterocycles. The Kier molecular flexibility index (Phi) is 6.18. The molecule has 0 saturated carbocycles. The molecule has 8 nitrogen and oxygen atoms in total. The number of carbonyl (C=O) groups is 1. The van der Waals surface area contributed by atoms with Crippen LogP contribution in [-0.2, 0) is 13.2 Å². The van der Waals surface area contributed by atoms with Gasteiger partial charge in [-0.25, -0.2) is 9.67 Å². The van der Waals surface area contributed by atoms with Crippen LogP contribution in [0.5, 0.6) is 11.5 Å². The minimum atomic E-state index is -0.453. The van der Waals surface area contributed by atoms with E-state index in [1.807, 2.05) is 24.3 Å². The molecule has 158 valence electrons. The molecule has 0 aliphatic carbocycles. The summed E-state index contributed by atoms with van der Waals surface area (Å²) in [7, 11) is 1.60. The van der Waals surface area contributed by atoms with Crippen LogP contribution in [-0.4, -0.2) is 27.8 Å². The fourth-order valence-corrected chi connectivity index (χ4v) is 2.99. The second-order valence-corrected chi connectivity index (χ2v) is 6.95. The van der Waals surface area contributed by atoms with Gasteiger partial charge < -0.3 is 13.9 Å². The van der Waals surface area contributed by atoms with Crippen LogP contribution >= 0.6 is 11.6 Å². The topological polar surface area (TPSA) is 91.4 Å². The van der Waals surface area contributed by atoms with Gasteiger partial charge in [-0.2, -0.15) is 0 Å². The average molecular weight is 439 g/mol. The standard InChI is InChI=1S/C22H19ClN4O4/c1-29-16-6-8-17(9-7-16)30-13-18-10-11-20(31-18)21(28)25-22-24-14-27(26-22)12-15-4-2-3-5-19(15)23/h2-11,14H,12-13H2,1H3,(H,25,26,28). The highest BCUT2D eigenvalue weighted by Crippen LogP contribution is 2.19. The third-order valence-electron chi connectivity index (χ3n) is 4.38. The second kappa shape index (κ2) is 9.36. The smallest absolute Gasteiger partial charge is 0.293 e. The Morgan fingerprint density at radius 2 is 1.87 bits per heavy atom. The molecule has 4 rings (SSSR count). The predicted molar refractivity (Wildman–Crippen MR) is 115 cm³/mol. The van der Waals surface area contributed by atoms with Crippen LogP contribution in [0, 0.1) is 0 Å². The normalized spacial score (nSPS) is 10.6. The number of benzene rings is 2. The maximum absolute atomic E-state index is 12.4. The third kappa shape index (κ3) is 5.23. The molecule has 1 N–H and O–H groups in total. The number of furan rings is 1. The van der Waals surface area contributed by atoms with E-state index in [2.05, 4.69) is 15.4 Å². The van der Waals surface area contributed by atoms with E-state index in [4.69, 9.17) is 25.5 Å². The molecule has 0 saturated heterocycles. The van der Waals surface area contributed by atoms with Crippen molar-refractivity contribution in [3.8, 4) is 11.5 Å². The molecule has 0 bridgehead atoms. The van der Waals surface area contributed by atoms with Gasteiger partial charge in [-0.1, -0.05) is 29.8 Å². The van der Waals surface area contributed by atoms with Gasteiger partial charge in [0.05, 0.1) is 13.7 Å². The largest absolute Gasteiger partial charge is 0.497 e.